The van der Waals surface area contributed by atoms with Crippen LogP contribution in [0, 0.1) is 0 Å². The summed E-state index contributed by atoms with van der Waals surface area (Å²) in [5, 5.41) is 3.07. The molecule has 1 aliphatic rings. The number of pyridine rings is 1. The third-order valence-corrected chi connectivity index (χ3v) is 5.40. The second kappa shape index (κ2) is 8.81. The topological polar surface area (TPSA) is 45.2 Å². The van der Waals surface area contributed by atoms with Crippen molar-refractivity contribution in [1.29, 1.82) is 0 Å². The first-order chi connectivity index (χ1) is 13.8. The summed E-state index contributed by atoms with van der Waals surface area (Å²) in [6, 6.07) is 22.4. The number of aromatic nitrogens is 1. The van der Waals surface area contributed by atoms with Gasteiger partial charge >= 0.3 is 0 Å². The number of nitrogens with one attached hydrogen (secondary N) is 1. The average Bonchev–Trinajstić information content (AvgIpc) is 3.24. The minimum absolute atomic E-state index is 0.0188. The summed E-state index contributed by atoms with van der Waals surface area (Å²) in [6.07, 6.45) is 4.72. The number of nitrogens with zero attached hydrogens (tertiary/aromatic N) is 2. The van der Waals surface area contributed by atoms with Crippen molar-refractivity contribution in [2.45, 2.75) is 12.3 Å². The average molecular weight is 371 g/mol. The zero-order valence-corrected chi connectivity index (χ0v) is 15.9. The van der Waals surface area contributed by atoms with Crippen LogP contribution in [-0.2, 0) is 0 Å². The number of hydrogen-bond donors (Lipinski definition) is 1. The number of likely N-dealkylation sites (tertiary alicyclic amines) is 1. The maximum absolute atomic E-state index is 12.5. The highest BCUT2D eigenvalue weighted by Crippen LogP contribution is 2.26. The van der Waals surface area contributed by atoms with Gasteiger partial charge in [0.05, 0.1) is 0 Å². The molecule has 2 heterocycles. The fraction of sp³-hybridized carbons (Fsp3) is 0.250. The summed E-state index contributed by atoms with van der Waals surface area (Å²) in [5.74, 6) is 0.587. The maximum Gasteiger partial charge on any atom is 0.251 e. The molecule has 1 atom stereocenters. The highest BCUT2D eigenvalue weighted by molar-refractivity contribution is 5.95. The first-order valence-electron chi connectivity index (χ1n) is 9.85. The monoisotopic (exact) mass is 371 g/mol. The van der Waals surface area contributed by atoms with Crippen LogP contribution in [-0.4, -0.2) is 42.0 Å². The first-order valence-corrected chi connectivity index (χ1v) is 9.85. The third kappa shape index (κ3) is 4.46. The van der Waals surface area contributed by atoms with E-state index >= 15 is 0 Å². The van der Waals surface area contributed by atoms with Crippen LogP contribution in [0.3, 0.4) is 0 Å². The Bertz CT molecular complexity index is 911. The molecule has 3 aromatic rings. The van der Waals surface area contributed by atoms with Gasteiger partial charge in [-0.2, -0.15) is 0 Å². The lowest BCUT2D eigenvalue weighted by atomic mass is 9.99. The second-order valence-corrected chi connectivity index (χ2v) is 7.27. The predicted molar refractivity (Wildman–Crippen MR) is 112 cm³/mol. The number of carbonyl (C=O) groups is 1. The summed E-state index contributed by atoms with van der Waals surface area (Å²) >= 11 is 0. The van der Waals surface area contributed by atoms with E-state index in [4.69, 9.17) is 0 Å². The van der Waals surface area contributed by atoms with E-state index in [1.54, 1.807) is 12.4 Å². The van der Waals surface area contributed by atoms with Crippen LogP contribution in [0.5, 0.6) is 0 Å². The Kier molecular flexibility index (Phi) is 5.78. The molecule has 1 N–H and O–H groups in total. The van der Waals surface area contributed by atoms with Gasteiger partial charge in [0.25, 0.3) is 5.91 Å². The van der Waals surface area contributed by atoms with Gasteiger partial charge in [0, 0.05) is 37.6 Å². The highest BCUT2D eigenvalue weighted by atomic mass is 16.1. The van der Waals surface area contributed by atoms with Crippen molar-refractivity contribution in [2.24, 2.45) is 0 Å². The Morgan fingerprint density at radius 3 is 2.64 bits per heavy atom. The molecule has 0 aliphatic carbocycles. The molecular weight excluding hydrogens is 346 g/mol. The van der Waals surface area contributed by atoms with Crippen molar-refractivity contribution in [1.82, 2.24) is 15.2 Å². The van der Waals surface area contributed by atoms with E-state index in [0.29, 0.717) is 18.0 Å². The fourth-order valence-electron chi connectivity index (χ4n) is 3.85. The molecule has 1 amide bonds. The van der Waals surface area contributed by atoms with Gasteiger partial charge < -0.3 is 10.2 Å². The molecule has 1 saturated heterocycles. The van der Waals surface area contributed by atoms with E-state index in [1.165, 1.54) is 12.0 Å². The summed E-state index contributed by atoms with van der Waals surface area (Å²) in [6.45, 7) is 3.71. The minimum Gasteiger partial charge on any atom is -0.351 e. The van der Waals surface area contributed by atoms with E-state index in [9.17, 15) is 4.79 Å². The second-order valence-electron chi connectivity index (χ2n) is 7.27. The minimum atomic E-state index is -0.0188. The standard InChI is InChI=1S/C24H25N3O/c28-24(22-8-4-7-21(17-22)20-9-12-25-13-10-20)26-14-16-27-15-11-23(18-27)19-5-2-1-3-6-19/h1-10,12-13,17,23H,11,14-16,18H2,(H,26,28)/t23-/m0/s1. The molecule has 142 valence electrons. The Labute approximate surface area is 166 Å². The number of hydrogen-bond acceptors (Lipinski definition) is 3. The van der Waals surface area contributed by atoms with Crippen molar-refractivity contribution < 1.29 is 4.79 Å². The van der Waals surface area contributed by atoms with Crippen LogP contribution < -0.4 is 5.32 Å². The summed E-state index contributed by atoms with van der Waals surface area (Å²) in [7, 11) is 0. The molecule has 2 aromatic carbocycles. The van der Waals surface area contributed by atoms with Gasteiger partial charge in [0.15, 0.2) is 0 Å². The molecule has 4 nitrogen and oxygen atoms in total. The van der Waals surface area contributed by atoms with E-state index in [-0.39, 0.29) is 5.91 Å². The summed E-state index contributed by atoms with van der Waals surface area (Å²) in [5.41, 5.74) is 4.20. The van der Waals surface area contributed by atoms with Gasteiger partial charge in [-0.25, -0.2) is 0 Å². The lowest BCUT2D eigenvalue weighted by molar-refractivity contribution is 0.0949. The van der Waals surface area contributed by atoms with Crippen molar-refractivity contribution in [2.75, 3.05) is 26.2 Å². The van der Waals surface area contributed by atoms with E-state index in [1.807, 2.05) is 36.4 Å². The maximum atomic E-state index is 12.5. The Hall–Kier alpha value is -2.98. The van der Waals surface area contributed by atoms with Crippen LogP contribution in [0.4, 0.5) is 0 Å². The lowest BCUT2D eigenvalue weighted by Crippen LogP contribution is -2.33. The number of amides is 1. The first kappa shape index (κ1) is 18.4. The summed E-state index contributed by atoms with van der Waals surface area (Å²) in [4.78, 5) is 19.0. The zero-order valence-electron chi connectivity index (χ0n) is 15.9. The Morgan fingerprint density at radius 2 is 1.82 bits per heavy atom. The zero-order chi connectivity index (χ0) is 19.2. The molecule has 1 fully saturated rings. The molecule has 1 aliphatic heterocycles. The molecule has 0 unspecified atom stereocenters. The number of benzene rings is 2. The van der Waals surface area contributed by atoms with Crippen LogP contribution in [0.25, 0.3) is 11.1 Å². The SMILES string of the molecule is O=C(NCCN1CC[C@H](c2ccccc2)C1)c1cccc(-c2ccncc2)c1. The number of carbonyl (C=O) groups excluding carboxylic acids is 1. The Balaban J connectivity index is 1.28. The summed E-state index contributed by atoms with van der Waals surface area (Å²) < 4.78 is 0. The normalized spacial score (nSPS) is 16.8. The largest absolute Gasteiger partial charge is 0.351 e. The van der Waals surface area contributed by atoms with Crippen molar-refractivity contribution in [3.05, 3.63) is 90.3 Å². The van der Waals surface area contributed by atoms with Crippen molar-refractivity contribution in [3.8, 4) is 11.1 Å². The third-order valence-electron chi connectivity index (χ3n) is 5.40. The van der Waals surface area contributed by atoms with Crippen LogP contribution >= 0.6 is 0 Å². The van der Waals surface area contributed by atoms with Gasteiger partial charge in [0.1, 0.15) is 0 Å². The Morgan fingerprint density at radius 1 is 1.00 bits per heavy atom. The molecule has 28 heavy (non-hydrogen) atoms. The van der Waals surface area contributed by atoms with Crippen molar-refractivity contribution in [3.63, 3.8) is 0 Å². The van der Waals surface area contributed by atoms with E-state index in [0.717, 1.165) is 30.8 Å². The molecule has 0 spiro atoms. The molecule has 0 saturated carbocycles. The van der Waals surface area contributed by atoms with Gasteiger partial charge in [-0.05, 0) is 59.8 Å². The van der Waals surface area contributed by atoms with Crippen molar-refractivity contribution >= 4 is 5.91 Å². The molecule has 4 heteroatoms. The van der Waals surface area contributed by atoms with E-state index < -0.39 is 0 Å². The fourth-order valence-corrected chi connectivity index (χ4v) is 3.85. The van der Waals surface area contributed by atoms with Gasteiger partial charge in [-0.1, -0.05) is 42.5 Å². The quantitative estimate of drug-likeness (QED) is 0.713. The van der Waals surface area contributed by atoms with Crippen LogP contribution in [0.15, 0.2) is 79.1 Å². The van der Waals surface area contributed by atoms with E-state index in [2.05, 4.69) is 45.5 Å². The molecular formula is C24H25N3O. The molecule has 1 aromatic heterocycles. The smallest absolute Gasteiger partial charge is 0.251 e. The van der Waals surface area contributed by atoms with Gasteiger partial charge in [-0.15, -0.1) is 0 Å². The number of rotatable bonds is 6. The molecule has 0 radical (unpaired) electrons. The molecule has 0 bridgehead atoms. The van der Waals surface area contributed by atoms with Crippen LogP contribution in [0.2, 0.25) is 0 Å². The predicted octanol–water partition coefficient (Wildman–Crippen LogP) is 3.97. The lowest BCUT2D eigenvalue weighted by Gasteiger charge is -2.16. The van der Waals surface area contributed by atoms with Gasteiger partial charge in [0.2, 0.25) is 0 Å². The highest BCUT2D eigenvalue weighted by Gasteiger charge is 2.23. The van der Waals surface area contributed by atoms with Gasteiger partial charge in [-0.3, -0.25) is 9.78 Å². The van der Waals surface area contributed by atoms with Crippen LogP contribution in [0.1, 0.15) is 28.3 Å². The molecule has 4 rings (SSSR count).